The van der Waals surface area contributed by atoms with Gasteiger partial charge >= 0.3 is 0 Å². The van der Waals surface area contributed by atoms with Gasteiger partial charge in [-0.15, -0.1) is 0 Å². The third-order valence-corrected chi connectivity index (χ3v) is 13.1. The Balaban J connectivity index is 0.785. The van der Waals surface area contributed by atoms with E-state index in [1.54, 1.807) is 31.3 Å². The summed E-state index contributed by atoms with van der Waals surface area (Å²) in [6.07, 6.45) is 10.4. The molecule has 3 unspecified atom stereocenters. The minimum Gasteiger partial charge on any atom is -0.482 e. The van der Waals surface area contributed by atoms with Crippen molar-refractivity contribution in [2.24, 2.45) is 5.92 Å². The number of aromatic nitrogens is 3. The number of halogens is 3. The Labute approximate surface area is 338 Å². The largest absolute Gasteiger partial charge is 0.482 e. The lowest BCUT2D eigenvalue weighted by atomic mass is 9.85. The number of carbonyl (C=O) groups is 4. The van der Waals surface area contributed by atoms with E-state index in [1.807, 2.05) is 23.1 Å². The standard InChI is InChI=1S/C41H41Cl2FN8O5/c1-21(36-31(42)8-9-32(44)37(36)43)57-34-12-23(15-46-38(34)45)24-16-47-51(18-24)25-4-2-22(3-5-25)17-49-19-28-13-27(49)20-50(28)26-6-7-29-30(14-26)41(56)52(40(29)55)33-10-11-35(53)48-39(33)54/h6-9,12,14-16,18,21-22,25,27-28,33H,2-5,10-11,13,17,19-20H2,1H3,(H2,45,46)(H,48,53,54)/t21-,22?,25?,27?,28?,33?/m1/s1. The van der Waals surface area contributed by atoms with Crippen LogP contribution >= 0.6 is 23.2 Å². The summed E-state index contributed by atoms with van der Waals surface area (Å²) in [6.45, 7) is 4.57. The molecular formula is C41H41Cl2FN8O5. The summed E-state index contributed by atoms with van der Waals surface area (Å²) in [6, 6.07) is 9.91. The molecule has 4 aromatic rings. The molecule has 4 atom stereocenters. The summed E-state index contributed by atoms with van der Waals surface area (Å²) >= 11 is 12.5. The first-order valence-corrected chi connectivity index (χ1v) is 20.2. The van der Waals surface area contributed by atoms with Crippen molar-refractivity contribution < 1.29 is 28.3 Å². The number of hydrogen-bond acceptors (Lipinski definition) is 10. The number of anilines is 2. The van der Waals surface area contributed by atoms with E-state index in [9.17, 15) is 23.6 Å². The van der Waals surface area contributed by atoms with Gasteiger partial charge in [0, 0.05) is 77.9 Å². The zero-order valence-electron chi connectivity index (χ0n) is 31.2. The van der Waals surface area contributed by atoms with Gasteiger partial charge in [0.15, 0.2) is 11.6 Å². The van der Waals surface area contributed by atoms with Gasteiger partial charge in [0.2, 0.25) is 11.8 Å². The highest BCUT2D eigenvalue weighted by molar-refractivity contribution is 6.36. The fraction of sp³-hybridized carbons (Fsp3) is 0.415. The van der Waals surface area contributed by atoms with Crippen molar-refractivity contribution in [2.75, 3.05) is 30.3 Å². The van der Waals surface area contributed by atoms with Crippen LogP contribution in [0, 0.1) is 11.7 Å². The van der Waals surface area contributed by atoms with Crippen LogP contribution in [-0.2, 0) is 9.59 Å². The number of nitrogens with two attached hydrogens (primary N) is 1. The number of likely N-dealkylation sites (tertiary alicyclic amines) is 1. The van der Waals surface area contributed by atoms with E-state index in [1.165, 1.54) is 12.1 Å². The molecule has 13 nitrogen and oxygen atoms in total. The second-order valence-electron chi connectivity index (χ2n) is 15.8. The van der Waals surface area contributed by atoms with Gasteiger partial charge < -0.3 is 15.4 Å². The van der Waals surface area contributed by atoms with Gasteiger partial charge in [-0.25, -0.2) is 9.37 Å². The van der Waals surface area contributed by atoms with Gasteiger partial charge in [-0.2, -0.15) is 5.10 Å². The van der Waals surface area contributed by atoms with Crippen molar-refractivity contribution in [2.45, 2.75) is 82.1 Å². The molecule has 2 bridgehead atoms. The number of amides is 4. The quantitative estimate of drug-likeness (QED) is 0.147. The normalized spacial score (nSPS) is 25.3. The van der Waals surface area contributed by atoms with Crippen LogP contribution in [0.1, 0.15) is 90.3 Å². The lowest BCUT2D eigenvalue weighted by Gasteiger charge is -2.38. The summed E-state index contributed by atoms with van der Waals surface area (Å²) in [7, 11) is 0. The van der Waals surface area contributed by atoms with E-state index >= 15 is 0 Å². The third-order valence-electron chi connectivity index (χ3n) is 12.4. The van der Waals surface area contributed by atoms with Crippen LogP contribution in [0.3, 0.4) is 0 Å². The minimum absolute atomic E-state index is 0.0897. The molecule has 6 heterocycles. The maximum absolute atomic E-state index is 14.2. The first kappa shape index (κ1) is 37.5. The molecule has 1 aliphatic carbocycles. The van der Waals surface area contributed by atoms with E-state index in [2.05, 4.69) is 20.1 Å². The van der Waals surface area contributed by atoms with Gasteiger partial charge in [-0.1, -0.05) is 23.2 Å². The number of rotatable bonds is 9. The van der Waals surface area contributed by atoms with E-state index in [4.69, 9.17) is 38.8 Å². The second-order valence-corrected chi connectivity index (χ2v) is 16.6. The highest BCUT2D eigenvalue weighted by Gasteiger charge is 2.47. The number of nitrogens with zero attached hydrogens (tertiary/aromatic N) is 6. The van der Waals surface area contributed by atoms with Crippen LogP contribution in [0.5, 0.6) is 5.75 Å². The van der Waals surface area contributed by atoms with Gasteiger partial charge in [-0.3, -0.25) is 39.0 Å². The molecule has 4 amide bonds. The number of imide groups is 2. The van der Waals surface area contributed by atoms with Crippen LogP contribution in [0.4, 0.5) is 15.9 Å². The lowest BCUT2D eigenvalue weighted by molar-refractivity contribution is -0.136. The molecule has 2 aromatic carbocycles. The lowest BCUT2D eigenvalue weighted by Crippen LogP contribution is -2.54. The van der Waals surface area contributed by atoms with Gasteiger partial charge in [0.05, 0.1) is 28.4 Å². The number of fused-ring (bicyclic) bond motifs is 3. The number of pyridine rings is 1. The van der Waals surface area contributed by atoms with Crippen molar-refractivity contribution in [1.29, 1.82) is 0 Å². The Morgan fingerprint density at radius 1 is 0.930 bits per heavy atom. The molecule has 16 heteroatoms. The molecule has 4 fully saturated rings. The van der Waals surface area contributed by atoms with Crippen LogP contribution < -0.4 is 20.7 Å². The summed E-state index contributed by atoms with van der Waals surface area (Å²) in [4.78, 5) is 61.1. The maximum Gasteiger partial charge on any atom is 0.262 e. The minimum atomic E-state index is -0.976. The monoisotopic (exact) mass is 814 g/mol. The number of benzene rings is 2. The van der Waals surface area contributed by atoms with Crippen LogP contribution in [-0.4, -0.2) is 86.0 Å². The van der Waals surface area contributed by atoms with Gasteiger partial charge in [0.1, 0.15) is 18.0 Å². The van der Waals surface area contributed by atoms with Crippen molar-refractivity contribution in [3.8, 4) is 16.9 Å². The first-order chi connectivity index (χ1) is 27.4. The van der Waals surface area contributed by atoms with Crippen LogP contribution in [0.25, 0.3) is 11.1 Å². The smallest absolute Gasteiger partial charge is 0.262 e. The molecule has 9 rings (SSSR count). The number of ether oxygens (including phenoxy) is 1. The average molecular weight is 816 g/mol. The molecule has 4 aliphatic heterocycles. The second kappa shape index (κ2) is 14.7. The summed E-state index contributed by atoms with van der Waals surface area (Å²) in [5, 5.41) is 7.17. The zero-order chi connectivity index (χ0) is 39.7. The van der Waals surface area contributed by atoms with E-state index < -0.39 is 41.6 Å². The third kappa shape index (κ3) is 6.80. The highest BCUT2D eigenvalue weighted by atomic mass is 35.5. The molecule has 0 spiro atoms. The molecule has 296 valence electrons. The number of nitrogen functional groups attached to an aromatic ring is 1. The Morgan fingerprint density at radius 3 is 2.47 bits per heavy atom. The van der Waals surface area contributed by atoms with Crippen LogP contribution in [0.15, 0.2) is 55.0 Å². The summed E-state index contributed by atoms with van der Waals surface area (Å²) in [5.41, 5.74) is 9.70. The molecule has 3 N–H and O–H groups in total. The first-order valence-electron chi connectivity index (χ1n) is 19.4. The zero-order valence-corrected chi connectivity index (χ0v) is 32.7. The molecule has 5 aliphatic rings. The summed E-state index contributed by atoms with van der Waals surface area (Å²) in [5.74, 6) is -1.43. The summed E-state index contributed by atoms with van der Waals surface area (Å²) < 4.78 is 22.3. The number of piperazine rings is 1. The van der Waals surface area contributed by atoms with E-state index in [0.29, 0.717) is 45.5 Å². The molecule has 2 aromatic heterocycles. The molecule has 0 radical (unpaired) electrons. The van der Waals surface area contributed by atoms with Gasteiger partial charge in [0.25, 0.3) is 11.8 Å². The molecular weight excluding hydrogens is 774 g/mol. The van der Waals surface area contributed by atoms with Crippen molar-refractivity contribution in [3.63, 3.8) is 0 Å². The van der Waals surface area contributed by atoms with Crippen molar-refractivity contribution in [3.05, 3.63) is 87.5 Å². The fourth-order valence-corrected chi connectivity index (χ4v) is 10.1. The van der Waals surface area contributed by atoms with Gasteiger partial charge in [-0.05, 0) is 87.8 Å². The Hall–Kier alpha value is -5.05. The van der Waals surface area contributed by atoms with Crippen molar-refractivity contribution in [1.82, 2.24) is 29.9 Å². The molecule has 57 heavy (non-hydrogen) atoms. The number of carbonyl (C=O) groups excluding carboxylic acids is 4. The van der Waals surface area contributed by atoms with E-state index in [0.717, 1.165) is 73.5 Å². The highest BCUT2D eigenvalue weighted by Crippen LogP contribution is 2.41. The Kier molecular flexibility index (Phi) is 9.69. The average Bonchev–Trinajstić information content (AvgIpc) is 3.99. The predicted molar refractivity (Wildman–Crippen MR) is 211 cm³/mol. The Bertz CT molecular complexity index is 2310. The number of hydrogen-bond donors (Lipinski definition) is 2. The molecule has 3 saturated heterocycles. The van der Waals surface area contributed by atoms with E-state index in [-0.39, 0.29) is 29.7 Å². The SMILES string of the molecule is C[C@@H](Oc1cc(-c2cnn(C3CCC(CN4CC5CC4CN5c4ccc5c(c4)C(=O)N(C4CCC(=O)NC4=O)C5=O)CC3)c2)cnc1N)c1c(Cl)ccc(F)c1Cl. The number of nitrogens with one attached hydrogen (secondary N) is 1. The number of piperidine rings is 1. The topological polar surface area (TPSA) is 156 Å². The maximum atomic E-state index is 14.2. The van der Waals surface area contributed by atoms with Crippen LogP contribution in [0.2, 0.25) is 10.0 Å². The Morgan fingerprint density at radius 2 is 1.72 bits per heavy atom. The molecule has 1 saturated carbocycles. The fourth-order valence-electron chi connectivity index (χ4n) is 9.41. The predicted octanol–water partition coefficient (Wildman–Crippen LogP) is 6.21. The van der Waals surface area contributed by atoms with Crippen molar-refractivity contribution >= 4 is 58.3 Å².